The Labute approximate surface area is 210 Å². The SMILES string of the molecule is S=C1NC(c2ccccn2)C(c2ccc(Sc3ccc(Cl)cc3)o2)N1c1ccc2c(c1)OCO2. The Kier molecular flexibility index (Phi) is 5.57. The van der Waals surface area contributed by atoms with Gasteiger partial charge in [-0.05, 0) is 72.9 Å². The molecule has 0 bridgehead atoms. The van der Waals surface area contributed by atoms with Gasteiger partial charge in [-0.1, -0.05) is 29.4 Å². The van der Waals surface area contributed by atoms with E-state index in [-0.39, 0.29) is 18.9 Å². The summed E-state index contributed by atoms with van der Waals surface area (Å²) < 4.78 is 17.4. The standard InChI is InChI=1S/C25H18ClN3O3S2/c26-15-4-7-17(8-5-15)34-22-11-10-20(32-22)24-23(18-3-1-2-12-27-18)28-25(33)29(24)16-6-9-19-21(13-16)31-14-30-19/h1-13,23-24H,14H2,(H,28,33). The van der Waals surface area contributed by atoms with Gasteiger partial charge in [0.25, 0.3) is 0 Å². The second kappa shape index (κ2) is 8.87. The van der Waals surface area contributed by atoms with Gasteiger partial charge >= 0.3 is 0 Å². The van der Waals surface area contributed by atoms with E-state index in [2.05, 4.69) is 10.3 Å². The highest BCUT2D eigenvalue weighted by Crippen LogP contribution is 2.45. The van der Waals surface area contributed by atoms with Crippen molar-refractivity contribution in [1.82, 2.24) is 10.3 Å². The number of ether oxygens (including phenoxy) is 2. The van der Waals surface area contributed by atoms with Crippen molar-refractivity contribution >= 4 is 46.4 Å². The third-order valence-corrected chi connectivity index (χ3v) is 7.15. The molecule has 2 atom stereocenters. The quantitative estimate of drug-likeness (QED) is 0.312. The fourth-order valence-corrected chi connectivity index (χ4v) is 5.37. The van der Waals surface area contributed by atoms with Crippen molar-refractivity contribution < 1.29 is 13.9 Å². The van der Waals surface area contributed by atoms with E-state index in [9.17, 15) is 0 Å². The molecule has 2 unspecified atom stereocenters. The van der Waals surface area contributed by atoms with Crippen LogP contribution in [0.5, 0.6) is 11.5 Å². The lowest BCUT2D eigenvalue weighted by Crippen LogP contribution is -2.29. The van der Waals surface area contributed by atoms with Crippen molar-refractivity contribution in [2.24, 2.45) is 0 Å². The maximum absolute atomic E-state index is 6.35. The predicted molar refractivity (Wildman–Crippen MR) is 135 cm³/mol. The molecule has 6 rings (SSSR count). The number of aromatic nitrogens is 1. The number of nitrogens with zero attached hydrogens (tertiary/aromatic N) is 2. The number of hydrogen-bond acceptors (Lipinski definition) is 6. The van der Waals surface area contributed by atoms with Crippen LogP contribution in [0.2, 0.25) is 5.02 Å². The fourth-order valence-electron chi connectivity index (χ4n) is 4.12. The molecule has 2 aliphatic rings. The first-order valence-corrected chi connectivity index (χ1v) is 12.2. The van der Waals surface area contributed by atoms with Crippen LogP contribution in [0.1, 0.15) is 23.5 Å². The summed E-state index contributed by atoms with van der Waals surface area (Å²) in [5.41, 5.74) is 1.76. The monoisotopic (exact) mass is 507 g/mol. The van der Waals surface area contributed by atoms with Gasteiger partial charge in [0.1, 0.15) is 11.8 Å². The number of halogens is 1. The molecule has 4 heterocycles. The van der Waals surface area contributed by atoms with Gasteiger partial charge in [-0.2, -0.15) is 0 Å². The molecule has 0 radical (unpaired) electrons. The Morgan fingerprint density at radius 2 is 1.85 bits per heavy atom. The topological polar surface area (TPSA) is 59.8 Å². The van der Waals surface area contributed by atoms with Gasteiger partial charge in [0.05, 0.1) is 11.7 Å². The number of anilines is 1. The lowest BCUT2D eigenvalue weighted by molar-refractivity contribution is 0.174. The number of thiocarbonyl (C=S) groups is 1. The highest BCUT2D eigenvalue weighted by atomic mass is 35.5. The summed E-state index contributed by atoms with van der Waals surface area (Å²) in [6, 6.07) is 22.9. The second-order valence-corrected chi connectivity index (χ2v) is 9.65. The highest BCUT2D eigenvalue weighted by Gasteiger charge is 2.43. The maximum Gasteiger partial charge on any atom is 0.231 e. The van der Waals surface area contributed by atoms with E-state index in [0.29, 0.717) is 15.9 Å². The van der Waals surface area contributed by atoms with E-state index in [1.54, 1.807) is 6.20 Å². The zero-order valence-corrected chi connectivity index (χ0v) is 20.1. The van der Waals surface area contributed by atoms with Crippen LogP contribution in [0, 0.1) is 0 Å². The van der Waals surface area contributed by atoms with Crippen molar-refractivity contribution in [2.45, 2.75) is 22.1 Å². The molecule has 6 nitrogen and oxygen atoms in total. The van der Waals surface area contributed by atoms with Gasteiger partial charge in [0.2, 0.25) is 6.79 Å². The minimum absolute atomic E-state index is 0.196. The number of furan rings is 1. The van der Waals surface area contributed by atoms with E-state index in [0.717, 1.165) is 32.9 Å². The third kappa shape index (κ3) is 3.98. The molecule has 1 fully saturated rings. The summed E-state index contributed by atoms with van der Waals surface area (Å²) in [6.45, 7) is 0.213. The van der Waals surface area contributed by atoms with Gasteiger partial charge in [-0.15, -0.1) is 0 Å². The normalized spacial score (nSPS) is 18.9. The maximum atomic E-state index is 6.35. The average Bonchev–Trinajstić information content (AvgIpc) is 3.59. The first-order valence-electron chi connectivity index (χ1n) is 10.6. The Hall–Kier alpha value is -3.20. The summed E-state index contributed by atoms with van der Waals surface area (Å²) in [7, 11) is 0. The van der Waals surface area contributed by atoms with Gasteiger partial charge in [-0.25, -0.2) is 0 Å². The van der Waals surface area contributed by atoms with Crippen molar-refractivity contribution in [1.29, 1.82) is 0 Å². The average molecular weight is 508 g/mol. The van der Waals surface area contributed by atoms with Crippen LogP contribution >= 0.6 is 35.6 Å². The van der Waals surface area contributed by atoms with Crippen LogP contribution in [0.15, 0.2) is 93.4 Å². The molecule has 1 N–H and O–H groups in total. The second-order valence-electron chi connectivity index (χ2n) is 7.75. The number of benzene rings is 2. The molecule has 2 aliphatic heterocycles. The van der Waals surface area contributed by atoms with Gasteiger partial charge in [0.15, 0.2) is 21.7 Å². The van der Waals surface area contributed by atoms with Gasteiger partial charge in [-0.3, -0.25) is 4.98 Å². The molecule has 4 aromatic rings. The van der Waals surface area contributed by atoms with E-state index in [1.165, 1.54) is 11.8 Å². The largest absolute Gasteiger partial charge is 0.454 e. The van der Waals surface area contributed by atoms with Crippen LogP contribution < -0.4 is 19.7 Å². The zero-order chi connectivity index (χ0) is 23.1. The van der Waals surface area contributed by atoms with E-state index < -0.39 is 0 Å². The van der Waals surface area contributed by atoms with Crippen molar-refractivity contribution in [2.75, 3.05) is 11.7 Å². The van der Waals surface area contributed by atoms with Gasteiger partial charge in [0, 0.05) is 27.9 Å². The van der Waals surface area contributed by atoms with Crippen LogP contribution in [-0.4, -0.2) is 16.9 Å². The first kappa shape index (κ1) is 21.3. The fraction of sp³-hybridized carbons (Fsp3) is 0.120. The summed E-state index contributed by atoms with van der Waals surface area (Å²) in [4.78, 5) is 7.68. The predicted octanol–water partition coefficient (Wildman–Crippen LogP) is 6.39. The highest BCUT2D eigenvalue weighted by molar-refractivity contribution is 7.99. The summed E-state index contributed by atoms with van der Waals surface area (Å²) >= 11 is 13.3. The molecule has 0 aliphatic carbocycles. The Morgan fingerprint density at radius 3 is 2.68 bits per heavy atom. The molecule has 34 heavy (non-hydrogen) atoms. The van der Waals surface area contributed by atoms with Crippen LogP contribution in [-0.2, 0) is 0 Å². The molecule has 0 amide bonds. The number of fused-ring (bicyclic) bond motifs is 1. The summed E-state index contributed by atoms with van der Waals surface area (Å²) in [5, 5.41) is 5.51. The lowest BCUT2D eigenvalue weighted by atomic mass is 10.0. The molecule has 9 heteroatoms. The molecule has 0 saturated carbocycles. The number of rotatable bonds is 5. The molecular formula is C25H18ClN3O3S2. The summed E-state index contributed by atoms with van der Waals surface area (Å²) in [5.74, 6) is 2.19. The number of hydrogen-bond donors (Lipinski definition) is 1. The Bertz CT molecular complexity index is 1350. The zero-order valence-electron chi connectivity index (χ0n) is 17.7. The van der Waals surface area contributed by atoms with E-state index in [4.69, 9.17) is 37.7 Å². The Morgan fingerprint density at radius 1 is 1.00 bits per heavy atom. The molecular weight excluding hydrogens is 490 g/mol. The molecule has 2 aromatic heterocycles. The van der Waals surface area contributed by atoms with Crippen molar-refractivity contribution in [3.63, 3.8) is 0 Å². The van der Waals surface area contributed by atoms with Crippen LogP contribution in [0.4, 0.5) is 5.69 Å². The van der Waals surface area contributed by atoms with Crippen LogP contribution in [0.3, 0.4) is 0 Å². The number of pyridine rings is 1. The lowest BCUT2D eigenvalue weighted by Gasteiger charge is -2.26. The Balaban J connectivity index is 1.38. The third-order valence-electron chi connectivity index (χ3n) is 5.66. The number of nitrogens with one attached hydrogen (secondary N) is 1. The molecule has 170 valence electrons. The van der Waals surface area contributed by atoms with Crippen LogP contribution in [0.25, 0.3) is 0 Å². The molecule has 0 spiro atoms. The van der Waals surface area contributed by atoms with Gasteiger partial charge < -0.3 is 24.1 Å². The minimum Gasteiger partial charge on any atom is -0.454 e. The molecule has 1 saturated heterocycles. The van der Waals surface area contributed by atoms with Crippen molar-refractivity contribution in [3.8, 4) is 11.5 Å². The molecule has 2 aromatic carbocycles. The summed E-state index contributed by atoms with van der Waals surface area (Å²) in [6.07, 6.45) is 1.78. The van der Waals surface area contributed by atoms with Crippen molar-refractivity contribution in [3.05, 3.63) is 95.5 Å². The smallest absolute Gasteiger partial charge is 0.231 e. The van der Waals surface area contributed by atoms with E-state index in [1.807, 2.05) is 77.7 Å². The minimum atomic E-state index is -0.248. The first-order chi connectivity index (χ1) is 16.7. The van der Waals surface area contributed by atoms with E-state index >= 15 is 0 Å².